The van der Waals surface area contributed by atoms with Gasteiger partial charge in [-0.3, -0.25) is 9.59 Å². The molecule has 1 aliphatic rings. The van der Waals surface area contributed by atoms with E-state index >= 15 is 0 Å². The van der Waals surface area contributed by atoms with E-state index in [9.17, 15) is 9.59 Å². The average molecular weight is 256 g/mol. The van der Waals surface area contributed by atoms with Gasteiger partial charge in [0.25, 0.3) is 0 Å². The van der Waals surface area contributed by atoms with Gasteiger partial charge in [-0.25, -0.2) is 0 Å². The third kappa shape index (κ3) is 5.04. The second-order valence-corrected chi connectivity index (χ2v) is 4.71. The molecule has 2 amide bonds. The third-order valence-electron chi connectivity index (χ3n) is 3.20. The van der Waals surface area contributed by atoms with E-state index in [1.54, 1.807) is 16.8 Å². The zero-order valence-corrected chi connectivity index (χ0v) is 11.5. The number of unbranched alkanes of at least 4 members (excludes halogenated alkanes) is 2. The highest BCUT2D eigenvalue weighted by Crippen LogP contribution is 2.03. The van der Waals surface area contributed by atoms with Crippen LogP contribution in [-0.4, -0.2) is 61.5 Å². The zero-order valence-electron chi connectivity index (χ0n) is 11.5. The molecule has 0 spiro atoms. The lowest BCUT2D eigenvalue weighted by Crippen LogP contribution is -2.37. The maximum Gasteiger partial charge on any atom is 0.248 e. The summed E-state index contributed by atoms with van der Waals surface area (Å²) in [5.41, 5.74) is 0. The predicted octanol–water partition coefficient (Wildman–Crippen LogP) is 0.884. The summed E-state index contributed by atoms with van der Waals surface area (Å²) in [5, 5.41) is 0. The molecule has 0 saturated carbocycles. The summed E-state index contributed by atoms with van der Waals surface area (Å²) in [7, 11) is 1.78. The molecule has 1 aliphatic heterocycles. The molecule has 1 fully saturated rings. The maximum absolute atomic E-state index is 11.9. The Kier molecular flexibility index (Phi) is 6.72. The van der Waals surface area contributed by atoms with E-state index in [-0.39, 0.29) is 18.4 Å². The van der Waals surface area contributed by atoms with Crippen LogP contribution in [0.5, 0.6) is 0 Å². The van der Waals surface area contributed by atoms with Crippen molar-refractivity contribution in [1.29, 1.82) is 0 Å². The number of hydrogen-bond acceptors (Lipinski definition) is 3. The molecular formula is C13H24N2O3. The number of amides is 2. The normalized spacial score (nSPS) is 16.9. The summed E-state index contributed by atoms with van der Waals surface area (Å²) in [4.78, 5) is 26.7. The van der Waals surface area contributed by atoms with Crippen LogP contribution >= 0.6 is 0 Å². The lowest BCUT2D eigenvalue weighted by molar-refractivity contribution is -0.136. The molecule has 104 valence electrons. The van der Waals surface area contributed by atoms with Crippen molar-refractivity contribution in [2.24, 2.45) is 0 Å². The Bertz CT molecular complexity index is 281. The molecule has 1 saturated heterocycles. The minimum Gasteiger partial charge on any atom is -0.372 e. The Morgan fingerprint density at radius 2 is 2.06 bits per heavy atom. The van der Waals surface area contributed by atoms with Crippen LogP contribution in [0.15, 0.2) is 0 Å². The predicted molar refractivity (Wildman–Crippen MR) is 69.2 cm³/mol. The fourth-order valence-electron chi connectivity index (χ4n) is 1.88. The summed E-state index contributed by atoms with van der Waals surface area (Å²) in [6, 6.07) is 0. The molecule has 0 N–H and O–H groups in total. The minimum absolute atomic E-state index is 0.00500. The van der Waals surface area contributed by atoms with Gasteiger partial charge in [-0.2, -0.15) is 0 Å². The van der Waals surface area contributed by atoms with Crippen molar-refractivity contribution in [2.45, 2.75) is 32.6 Å². The van der Waals surface area contributed by atoms with E-state index in [0.717, 1.165) is 19.3 Å². The molecule has 0 atom stereocenters. The van der Waals surface area contributed by atoms with Crippen LogP contribution in [0.3, 0.4) is 0 Å². The molecule has 5 heteroatoms. The van der Waals surface area contributed by atoms with E-state index in [0.29, 0.717) is 32.7 Å². The average Bonchev–Trinajstić information content (AvgIpc) is 2.52. The summed E-state index contributed by atoms with van der Waals surface area (Å²) in [6.07, 6.45) is 3.71. The van der Waals surface area contributed by atoms with E-state index in [1.165, 1.54) is 0 Å². The highest BCUT2D eigenvalue weighted by molar-refractivity contribution is 5.80. The minimum atomic E-state index is -0.00500. The van der Waals surface area contributed by atoms with E-state index in [2.05, 4.69) is 6.92 Å². The summed E-state index contributed by atoms with van der Waals surface area (Å²) < 4.78 is 5.36. The van der Waals surface area contributed by atoms with Gasteiger partial charge in [0, 0.05) is 39.7 Å². The summed E-state index contributed by atoms with van der Waals surface area (Å²) >= 11 is 0. The van der Waals surface area contributed by atoms with Gasteiger partial charge in [-0.15, -0.1) is 0 Å². The number of rotatable bonds is 6. The standard InChI is InChI=1S/C13H24N2O3/c1-3-4-5-10-18-11-13(17)15-7-6-12(16)14(2)8-9-15/h3-11H2,1-2H3. The van der Waals surface area contributed by atoms with Crippen LogP contribution in [0.1, 0.15) is 32.6 Å². The van der Waals surface area contributed by atoms with E-state index < -0.39 is 0 Å². The molecule has 1 rings (SSSR count). The molecule has 0 aromatic carbocycles. The number of likely N-dealkylation sites (N-methyl/N-ethyl adjacent to an activating group) is 1. The van der Waals surface area contributed by atoms with Crippen molar-refractivity contribution < 1.29 is 14.3 Å². The maximum atomic E-state index is 11.9. The largest absolute Gasteiger partial charge is 0.372 e. The molecule has 18 heavy (non-hydrogen) atoms. The molecule has 1 heterocycles. The molecule has 0 unspecified atom stereocenters. The fourth-order valence-corrected chi connectivity index (χ4v) is 1.88. The Morgan fingerprint density at radius 3 is 2.78 bits per heavy atom. The van der Waals surface area contributed by atoms with Crippen LogP contribution in [-0.2, 0) is 14.3 Å². The van der Waals surface area contributed by atoms with Crippen LogP contribution in [0, 0.1) is 0 Å². The Labute approximate surface area is 109 Å². The lowest BCUT2D eigenvalue weighted by Gasteiger charge is -2.20. The van der Waals surface area contributed by atoms with Crippen LogP contribution in [0.4, 0.5) is 0 Å². The summed E-state index contributed by atoms with van der Waals surface area (Å²) in [5.74, 6) is 0.101. The lowest BCUT2D eigenvalue weighted by atomic mass is 10.3. The third-order valence-corrected chi connectivity index (χ3v) is 3.20. The fraction of sp³-hybridized carbons (Fsp3) is 0.846. The van der Waals surface area contributed by atoms with Crippen molar-refractivity contribution in [3.05, 3.63) is 0 Å². The first kappa shape index (κ1) is 15.0. The summed E-state index contributed by atoms with van der Waals surface area (Å²) in [6.45, 7) is 4.66. The smallest absolute Gasteiger partial charge is 0.248 e. The topological polar surface area (TPSA) is 49.9 Å². The van der Waals surface area contributed by atoms with Gasteiger partial charge < -0.3 is 14.5 Å². The first-order valence-electron chi connectivity index (χ1n) is 6.74. The van der Waals surface area contributed by atoms with Crippen molar-refractivity contribution >= 4 is 11.8 Å². The highest BCUT2D eigenvalue weighted by Gasteiger charge is 2.21. The molecule has 0 radical (unpaired) electrons. The highest BCUT2D eigenvalue weighted by atomic mass is 16.5. The number of hydrogen-bond donors (Lipinski definition) is 0. The van der Waals surface area contributed by atoms with Gasteiger partial charge in [-0.05, 0) is 6.42 Å². The number of carbonyl (C=O) groups is 2. The monoisotopic (exact) mass is 256 g/mol. The first-order valence-corrected chi connectivity index (χ1v) is 6.74. The van der Waals surface area contributed by atoms with Crippen LogP contribution in [0.2, 0.25) is 0 Å². The Balaban J connectivity index is 2.22. The van der Waals surface area contributed by atoms with Crippen LogP contribution < -0.4 is 0 Å². The number of carbonyl (C=O) groups excluding carboxylic acids is 2. The van der Waals surface area contributed by atoms with Gasteiger partial charge in [-0.1, -0.05) is 19.8 Å². The Morgan fingerprint density at radius 1 is 1.28 bits per heavy atom. The van der Waals surface area contributed by atoms with Crippen LogP contribution in [0.25, 0.3) is 0 Å². The van der Waals surface area contributed by atoms with Crippen molar-refractivity contribution in [3.8, 4) is 0 Å². The van der Waals surface area contributed by atoms with Gasteiger partial charge in [0.1, 0.15) is 6.61 Å². The SMILES string of the molecule is CCCCCOCC(=O)N1CCC(=O)N(C)CC1. The Hall–Kier alpha value is -1.10. The van der Waals surface area contributed by atoms with Crippen molar-refractivity contribution in [1.82, 2.24) is 9.80 Å². The quantitative estimate of drug-likeness (QED) is 0.663. The van der Waals surface area contributed by atoms with Gasteiger partial charge >= 0.3 is 0 Å². The molecule has 5 nitrogen and oxygen atoms in total. The van der Waals surface area contributed by atoms with Crippen molar-refractivity contribution in [3.63, 3.8) is 0 Å². The first-order chi connectivity index (χ1) is 8.65. The molecule has 0 bridgehead atoms. The second kappa shape index (κ2) is 8.08. The van der Waals surface area contributed by atoms with Crippen molar-refractivity contribution in [2.75, 3.05) is 39.9 Å². The van der Waals surface area contributed by atoms with Gasteiger partial charge in [0.2, 0.25) is 11.8 Å². The molecule has 0 aliphatic carbocycles. The number of ether oxygens (including phenoxy) is 1. The van der Waals surface area contributed by atoms with E-state index in [4.69, 9.17) is 4.74 Å². The molecular weight excluding hydrogens is 232 g/mol. The van der Waals surface area contributed by atoms with E-state index in [1.807, 2.05) is 0 Å². The molecule has 0 aromatic rings. The number of nitrogens with zero attached hydrogens (tertiary/aromatic N) is 2. The van der Waals surface area contributed by atoms with Gasteiger partial charge in [0.15, 0.2) is 0 Å². The van der Waals surface area contributed by atoms with Gasteiger partial charge in [0.05, 0.1) is 0 Å². The molecule has 0 aromatic heterocycles. The zero-order chi connectivity index (χ0) is 13.4. The second-order valence-electron chi connectivity index (χ2n) is 4.71.